The predicted octanol–water partition coefficient (Wildman–Crippen LogP) is 13.4. The Kier molecular flexibility index (Phi) is 8.37. The number of benzene rings is 6. The van der Waals surface area contributed by atoms with Crippen LogP contribution >= 0.6 is 0 Å². The van der Waals surface area contributed by atoms with Gasteiger partial charge in [-0.2, -0.15) is 63.2 Å². The number of alkyl halides is 12. The van der Waals surface area contributed by atoms with Crippen LogP contribution in [0, 0.1) is 22.7 Å². The molecule has 4 nitrogen and oxygen atoms in total. The third kappa shape index (κ3) is 6.21. The zero-order chi connectivity index (χ0) is 41.7. The molecule has 0 aliphatic carbocycles. The van der Waals surface area contributed by atoms with Gasteiger partial charge in [-0.3, -0.25) is 0 Å². The molecule has 2 heterocycles. The standard InChI is InChI=1S/C42H18F12N4/c43-39(44,45)25-5-9-29-30-10-6-26(40(46,47)48)16-36(30)57(35(29)15-25)33-13-21(1-3-23(33)19-55)22-2-4-24(20-56)34(14-22)58-37-17-27(41(49,50)51)7-11-31(37)32-12-8-28(18-38(32)58)42(52,53)54/h1-18H. The summed E-state index contributed by atoms with van der Waals surface area (Å²) in [6, 6.07) is 22.2. The molecule has 0 amide bonds. The molecule has 0 saturated heterocycles. The van der Waals surface area contributed by atoms with Crippen LogP contribution in [0.25, 0.3) is 66.1 Å². The first-order chi connectivity index (χ1) is 27.2. The Labute approximate surface area is 317 Å². The normalized spacial score (nSPS) is 12.8. The van der Waals surface area contributed by atoms with Crippen LogP contribution < -0.4 is 0 Å². The van der Waals surface area contributed by atoms with Gasteiger partial charge in [-0.15, -0.1) is 0 Å². The Morgan fingerprint density at radius 2 is 0.603 bits per heavy atom. The van der Waals surface area contributed by atoms with Crippen molar-refractivity contribution in [3.05, 3.63) is 143 Å². The smallest absolute Gasteiger partial charge is 0.308 e. The first-order valence-electron chi connectivity index (χ1n) is 16.7. The quantitative estimate of drug-likeness (QED) is 0.167. The van der Waals surface area contributed by atoms with Crippen molar-refractivity contribution in [2.45, 2.75) is 24.7 Å². The molecule has 2 aromatic heterocycles. The highest BCUT2D eigenvalue weighted by atomic mass is 19.4. The topological polar surface area (TPSA) is 57.4 Å². The molecule has 58 heavy (non-hydrogen) atoms. The molecule has 0 bridgehead atoms. The summed E-state index contributed by atoms with van der Waals surface area (Å²) < 4.78 is 170. The van der Waals surface area contributed by atoms with Crippen molar-refractivity contribution < 1.29 is 52.7 Å². The van der Waals surface area contributed by atoms with E-state index in [0.29, 0.717) is 0 Å². The van der Waals surface area contributed by atoms with E-state index in [2.05, 4.69) is 0 Å². The maximum absolute atomic E-state index is 14.0. The highest BCUT2D eigenvalue weighted by molar-refractivity contribution is 6.11. The highest BCUT2D eigenvalue weighted by Gasteiger charge is 2.35. The second kappa shape index (κ2) is 12.8. The monoisotopic (exact) mass is 806 g/mol. The summed E-state index contributed by atoms with van der Waals surface area (Å²) in [4.78, 5) is 0. The maximum Gasteiger partial charge on any atom is 0.416 e. The van der Waals surface area contributed by atoms with Crippen LogP contribution in [0.3, 0.4) is 0 Å². The molecule has 0 N–H and O–H groups in total. The van der Waals surface area contributed by atoms with Crippen molar-refractivity contribution in [3.63, 3.8) is 0 Å². The van der Waals surface area contributed by atoms with E-state index < -0.39 is 47.0 Å². The van der Waals surface area contributed by atoms with Gasteiger partial charge in [-0.25, -0.2) is 0 Å². The van der Waals surface area contributed by atoms with Crippen LogP contribution in [0.5, 0.6) is 0 Å². The van der Waals surface area contributed by atoms with E-state index in [1.54, 1.807) is 0 Å². The van der Waals surface area contributed by atoms with Gasteiger partial charge in [0.2, 0.25) is 0 Å². The van der Waals surface area contributed by atoms with Gasteiger partial charge in [0, 0.05) is 21.5 Å². The summed E-state index contributed by atoms with van der Waals surface area (Å²) in [5.74, 6) is 0. The van der Waals surface area contributed by atoms with Crippen LogP contribution in [-0.2, 0) is 24.7 Å². The SMILES string of the molecule is N#Cc1ccc(-c2ccc(C#N)c(-n3c4cc(C(F)(F)F)ccc4c4ccc(C(F)(F)F)cc43)c2)cc1-n1c2cc(C(F)(F)F)ccc2c2ccc(C(F)(F)F)cc21. The maximum atomic E-state index is 14.0. The number of hydrogen-bond donors (Lipinski definition) is 0. The molecule has 0 saturated carbocycles. The molecule has 0 fully saturated rings. The Hall–Kier alpha value is -6.94. The minimum absolute atomic E-state index is 0.134. The molecule has 0 aliphatic heterocycles. The van der Waals surface area contributed by atoms with Crippen LogP contribution in [0.4, 0.5) is 52.7 Å². The summed E-state index contributed by atoms with van der Waals surface area (Å²) >= 11 is 0. The van der Waals surface area contributed by atoms with Crippen molar-refractivity contribution in [3.8, 4) is 34.6 Å². The van der Waals surface area contributed by atoms with Gasteiger partial charge in [0.25, 0.3) is 0 Å². The van der Waals surface area contributed by atoms with E-state index in [9.17, 15) is 63.2 Å². The van der Waals surface area contributed by atoms with Gasteiger partial charge < -0.3 is 9.13 Å². The number of aromatic nitrogens is 2. The van der Waals surface area contributed by atoms with Gasteiger partial charge in [-0.1, -0.05) is 36.4 Å². The average molecular weight is 807 g/mol. The van der Waals surface area contributed by atoms with Gasteiger partial charge in [-0.05, 0) is 83.9 Å². The number of hydrogen-bond acceptors (Lipinski definition) is 2. The molecular formula is C42H18F12N4. The fourth-order valence-corrected chi connectivity index (χ4v) is 7.24. The summed E-state index contributed by atoms with van der Waals surface area (Å²) in [6.07, 6.45) is -19.4. The van der Waals surface area contributed by atoms with Crippen molar-refractivity contribution in [2.75, 3.05) is 0 Å². The van der Waals surface area contributed by atoms with E-state index >= 15 is 0 Å². The van der Waals surface area contributed by atoms with Crippen LogP contribution in [0.15, 0.2) is 109 Å². The second-order valence-electron chi connectivity index (χ2n) is 13.3. The number of nitrogens with zero attached hydrogens (tertiary/aromatic N) is 4. The largest absolute Gasteiger partial charge is 0.416 e. The zero-order valence-corrected chi connectivity index (χ0v) is 28.7. The summed E-state index contributed by atoms with van der Waals surface area (Å²) in [6.45, 7) is 0. The Balaban J connectivity index is 1.42. The van der Waals surface area contributed by atoms with Gasteiger partial charge in [0.05, 0.1) is 66.8 Å². The number of nitriles is 2. The van der Waals surface area contributed by atoms with Crippen molar-refractivity contribution in [1.82, 2.24) is 9.13 Å². The minimum atomic E-state index is -4.86. The minimum Gasteiger partial charge on any atom is -0.308 e. The fraction of sp³-hybridized carbons (Fsp3) is 0.0952. The Morgan fingerprint density at radius 3 is 0.828 bits per heavy atom. The molecule has 0 aliphatic rings. The third-order valence-corrected chi connectivity index (χ3v) is 9.90. The molecule has 0 atom stereocenters. The van der Waals surface area contributed by atoms with E-state index in [1.165, 1.54) is 36.4 Å². The molecule has 6 aromatic carbocycles. The fourth-order valence-electron chi connectivity index (χ4n) is 7.24. The highest BCUT2D eigenvalue weighted by Crippen LogP contribution is 2.43. The zero-order valence-electron chi connectivity index (χ0n) is 28.7. The Morgan fingerprint density at radius 1 is 0.345 bits per heavy atom. The van der Waals surface area contributed by atoms with Crippen LogP contribution in [-0.4, -0.2) is 9.13 Å². The first kappa shape index (κ1) is 38.0. The summed E-state index contributed by atoms with van der Waals surface area (Å²) in [5.41, 5.74) is -5.57. The van der Waals surface area contributed by atoms with Crippen molar-refractivity contribution in [2.24, 2.45) is 0 Å². The van der Waals surface area contributed by atoms with E-state index in [0.717, 1.165) is 81.9 Å². The van der Waals surface area contributed by atoms with E-state index in [1.807, 2.05) is 12.1 Å². The Bertz CT molecular complexity index is 2740. The van der Waals surface area contributed by atoms with E-state index in [4.69, 9.17) is 0 Å². The van der Waals surface area contributed by atoms with Crippen LogP contribution in [0.1, 0.15) is 33.4 Å². The predicted molar refractivity (Wildman–Crippen MR) is 190 cm³/mol. The molecular weight excluding hydrogens is 788 g/mol. The summed E-state index contributed by atoms with van der Waals surface area (Å²) in [7, 11) is 0. The molecule has 8 aromatic rings. The lowest BCUT2D eigenvalue weighted by Gasteiger charge is -2.16. The number of halogens is 12. The van der Waals surface area contributed by atoms with Crippen molar-refractivity contribution in [1.29, 1.82) is 10.5 Å². The average Bonchev–Trinajstić information content (AvgIpc) is 3.67. The van der Waals surface area contributed by atoms with Crippen LogP contribution in [0.2, 0.25) is 0 Å². The van der Waals surface area contributed by atoms with Crippen molar-refractivity contribution >= 4 is 43.6 Å². The molecule has 16 heteroatoms. The second-order valence-corrected chi connectivity index (χ2v) is 13.3. The third-order valence-electron chi connectivity index (χ3n) is 9.90. The lowest BCUT2D eigenvalue weighted by molar-refractivity contribution is -0.138. The molecule has 0 radical (unpaired) electrons. The van der Waals surface area contributed by atoms with E-state index in [-0.39, 0.29) is 77.2 Å². The molecule has 0 unspecified atom stereocenters. The number of rotatable bonds is 3. The first-order valence-corrected chi connectivity index (χ1v) is 16.7. The van der Waals surface area contributed by atoms with Gasteiger partial charge >= 0.3 is 24.7 Å². The lowest BCUT2D eigenvalue weighted by atomic mass is 9.99. The number of fused-ring (bicyclic) bond motifs is 6. The summed E-state index contributed by atoms with van der Waals surface area (Å²) in [5, 5.41) is 20.9. The molecule has 8 rings (SSSR count). The lowest BCUT2D eigenvalue weighted by Crippen LogP contribution is -2.06. The van der Waals surface area contributed by atoms with Gasteiger partial charge in [0.15, 0.2) is 0 Å². The van der Waals surface area contributed by atoms with Gasteiger partial charge in [0.1, 0.15) is 12.1 Å². The molecule has 290 valence electrons. The molecule has 0 spiro atoms.